The fraction of sp³-hybridized carbons (Fsp3) is 0.909. The van der Waals surface area contributed by atoms with Gasteiger partial charge in [0.2, 0.25) is 0 Å². The van der Waals surface area contributed by atoms with E-state index in [-0.39, 0.29) is 6.54 Å². The number of hydrogen-bond acceptors (Lipinski definition) is 3. The number of ether oxygens (including phenoxy) is 2. The van der Waals surface area contributed by atoms with E-state index in [2.05, 4.69) is 15.6 Å². The number of guanidine groups is 1. The predicted octanol–water partition coefficient (Wildman–Crippen LogP) is 1.16. The molecule has 2 N–H and O–H groups in total. The van der Waals surface area contributed by atoms with Gasteiger partial charge in [-0.15, -0.1) is 0 Å². The molecule has 114 valence electrons. The van der Waals surface area contributed by atoms with Crippen molar-refractivity contribution in [3.8, 4) is 0 Å². The summed E-state index contributed by atoms with van der Waals surface area (Å²) in [7, 11) is 3.11. The molecule has 0 aliphatic carbocycles. The normalized spacial score (nSPS) is 12.6. The summed E-state index contributed by atoms with van der Waals surface area (Å²) < 4.78 is 45.9. The quantitative estimate of drug-likeness (QED) is 0.379. The molecule has 0 heterocycles. The third kappa shape index (κ3) is 13.2. The van der Waals surface area contributed by atoms with Gasteiger partial charge < -0.3 is 20.1 Å². The standard InChI is InChI=1S/C11H22F3N3O2/c1-15-10(17-6-4-11(12,13)14)16-5-3-7-19-9-8-18-2/h3-9H2,1-2H3,(H2,15,16,17). The summed E-state index contributed by atoms with van der Waals surface area (Å²) in [5.74, 6) is 0.362. The van der Waals surface area contributed by atoms with Crippen LogP contribution in [0.3, 0.4) is 0 Å². The van der Waals surface area contributed by atoms with Crippen LogP contribution in [0.2, 0.25) is 0 Å². The van der Waals surface area contributed by atoms with Crippen LogP contribution in [0.25, 0.3) is 0 Å². The Morgan fingerprint density at radius 2 is 1.79 bits per heavy atom. The molecule has 0 amide bonds. The maximum atomic E-state index is 11.9. The molecule has 0 saturated carbocycles. The van der Waals surface area contributed by atoms with E-state index in [1.165, 1.54) is 7.05 Å². The summed E-state index contributed by atoms with van der Waals surface area (Å²) in [5, 5.41) is 5.50. The lowest BCUT2D eigenvalue weighted by molar-refractivity contribution is -0.132. The van der Waals surface area contributed by atoms with Crippen LogP contribution in [0.1, 0.15) is 12.8 Å². The summed E-state index contributed by atoms with van der Waals surface area (Å²) in [5.41, 5.74) is 0. The average Bonchev–Trinajstić information content (AvgIpc) is 2.34. The highest BCUT2D eigenvalue weighted by Crippen LogP contribution is 2.17. The van der Waals surface area contributed by atoms with E-state index >= 15 is 0 Å². The maximum absolute atomic E-state index is 11.9. The van der Waals surface area contributed by atoms with Gasteiger partial charge in [0.1, 0.15) is 0 Å². The van der Waals surface area contributed by atoms with Crippen molar-refractivity contribution in [2.45, 2.75) is 19.0 Å². The Bertz CT molecular complexity index is 248. The third-order valence-corrected chi connectivity index (χ3v) is 2.11. The van der Waals surface area contributed by atoms with Crippen LogP contribution in [0.15, 0.2) is 4.99 Å². The van der Waals surface area contributed by atoms with Crippen LogP contribution in [0, 0.1) is 0 Å². The number of nitrogens with one attached hydrogen (secondary N) is 2. The summed E-state index contributed by atoms with van der Waals surface area (Å²) in [6.07, 6.45) is -4.29. The van der Waals surface area contributed by atoms with E-state index in [0.29, 0.717) is 32.3 Å². The van der Waals surface area contributed by atoms with Crippen molar-refractivity contribution in [2.24, 2.45) is 4.99 Å². The lowest BCUT2D eigenvalue weighted by Crippen LogP contribution is -2.39. The molecule has 0 aromatic heterocycles. The highest BCUT2D eigenvalue weighted by Gasteiger charge is 2.26. The number of methoxy groups -OCH3 is 1. The predicted molar refractivity (Wildman–Crippen MR) is 67.3 cm³/mol. The van der Waals surface area contributed by atoms with Crippen molar-refractivity contribution in [2.75, 3.05) is 47.1 Å². The second-order valence-electron chi connectivity index (χ2n) is 3.75. The van der Waals surface area contributed by atoms with E-state index in [0.717, 1.165) is 6.42 Å². The second kappa shape index (κ2) is 10.9. The average molecular weight is 285 g/mol. The molecule has 0 aromatic carbocycles. The summed E-state index contributed by atoms with van der Waals surface area (Å²) >= 11 is 0. The minimum Gasteiger partial charge on any atom is -0.382 e. The van der Waals surface area contributed by atoms with E-state index < -0.39 is 12.6 Å². The van der Waals surface area contributed by atoms with Crippen molar-refractivity contribution in [3.05, 3.63) is 0 Å². The van der Waals surface area contributed by atoms with E-state index in [1.807, 2.05) is 0 Å². The fourth-order valence-corrected chi connectivity index (χ4v) is 1.17. The Hall–Kier alpha value is -1.02. The molecule has 0 aliphatic heterocycles. The van der Waals surface area contributed by atoms with Crippen LogP contribution in [-0.2, 0) is 9.47 Å². The Morgan fingerprint density at radius 1 is 1.11 bits per heavy atom. The van der Waals surface area contributed by atoms with Gasteiger partial charge in [-0.2, -0.15) is 13.2 Å². The molecule has 0 bridgehead atoms. The van der Waals surface area contributed by atoms with Gasteiger partial charge in [-0.25, -0.2) is 0 Å². The number of rotatable bonds is 9. The number of hydrogen-bond donors (Lipinski definition) is 2. The molecule has 0 rings (SSSR count). The first-order valence-corrected chi connectivity index (χ1v) is 6.07. The Kier molecular flexibility index (Phi) is 10.3. The molecule has 0 saturated heterocycles. The number of halogens is 3. The molecule has 0 fully saturated rings. The van der Waals surface area contributed by atoms with E-state index in [4.69, 9.17) is 9.47 Å². The van der Waals surface area contributed by atoms with Crippen LogP contribution in [0.5, 0.6) is 0 Å². The van der Waals surface area contributed by atoms with Crippen LogP contribution in [0.4, 0.5) is 13.2 Å². The van der Waals surface area contributed by atoms with Gasteiger partial charge in [0.05, 0.1) is 19.6 Å². The number of alkyl halides is 3. The van der Waals surface area contributed by atoms with Gasteiger partial charge in [-0.1, -0.05) is 0 Å². The third-order valence-electron chi connectivity index (χ3n) is 2.11. The molecule has 0 unspecified atom stereocenters. The molecule has 5 nitrogen and oxygen atoms in total. The Morgan fingerprint density at radius 3 is 2.37 bits per heavy atom. The molecule has 0 radical (unpaired) electrons. The SMILES string of the molecule is CN=C(NCCCOCCOC)NCCC(F)(F)F. The summed E-state index contributed by atoms with van der Waals surface area (Å²) in [4.78, 5) is 3.82. The minimum absolute atomic E-state index is 0.187. The van der Waals surface area contributed by atoms with Crippen LogP contribution in [-0.4, -0.2) is 59.2 Å². The smallest absolute Gasteiger partial charge is 0.382 e. The molecule has 0 atom stereocenters. The first kappa shape index (κ1) is 18.0. The maximum Gasteiger partial charge on any atom is 0.390 e. The Balaban J connectivity index is 3.50. The lowest BCUT2D eigenvalue weighted by Gasteiger charge is -2.12. The molecular formula is C11H22F3N3O2. The number of aliphatic imine (C=N–C) groups is 1. The molecular weight excluding hydrogens is 263 g/mol. The lowest BCUT2D eigenvalue weighted by atomic mass is 10.4. The van der Waals surface area contributed by atoms with Crippen molar-refractivity contribution < 1.29 is 22.6 Å². The summed E-state index contributed by atoms with van der Waals surface area (Å²) in [6, 6.07) is 0. The van der Waals surface area contributed by atoms with Crippen molar-refractivity contribution >= 4 is 5.96 Å². The van der Waals surface area contributed by atoms with Crippen LogP contribution >= 0.6 is 0 Å². The number of nitrogens with zero attached hydrogens (tertiary/aromatic N) is 1. The second-order valence-corrected chi connectivity index (χ2v) is 3.75. The first-order valence-electron chi connectivity index (χ1n) is 6.07. The van der Waals surface area contributed by atoms with E-state index in [1.54, 1.807) is 7.11 Å². The van der Waals surface area contributed by atoms with Gasteiger partial charge in [-0.05, 0) is 6.42 Å². The minimum atomic E-state index is -4.15. The molecule has 0 spiro atoms. The van der Waals surface area contributed by atoms with Gasteiger partial charge >= 0.3 is 6.18 Å². The zero-order valence-corrected chi connectivity index (χ0v) is 11.3. The molecule has 0 aliphatic rings. The molecule has 0 aromatic rings. The highest BCUT2D eigenvalue weighted by molar-refractivity contribution is 5.79. The fourth-order valence-electron chi connectivity index (χ4n) is 1.17. The first-order chi connectivity index (χ1) is 8.99. The van der Waals surface area contributed by atoms with Gasteiger partial charge in [0, 0.05) is 33.9 Å². The van der Waals surface area contributed by atoms with Gasteiger partial charge in [0.15, 0.2) is 5.96 Å². The zero-order valence-electron chi connectivity index (χ0n) is 11.3. The van der Waals surface area contributed by atoms with Gasteiger partial charge in [-0.3, -0.25) is 4.99 Å². The van der Waals surface area contributed by atoms with Crippen molar-refractivity contribution in [3.63, 3.8) is 0 Å². The van der Waals surface area contributed by atoms with Crippen LogP contribution < -0.4 is 10.6 Å². The zero-order chi connectivity index (χ0) is 14.6. The highest BCUT2D eigenvalue weighted by atomic mass is 19.4. The summed E-state index contributed by atoms with van der Waals surface area (Å²) in [6.45, 7) is 2.05. The van der Waals surface area contributed by atoms with Crippen molar-refractivity contribution in [1.82, 2.24) is 10.6 Å². The monoisotopic (exact) mass is 285 g/mol. The largest absolute Gasteiger partial charge is 0.390 e. The Labute approximate surface area is 111 Å². The topological polar surface area (TPSA) is 54.9 Å². The van der Waals surface area contributed by atoms with Crippen molar-refractivity contribution in [1.29, 1.82) is 0 Å². The molecule has 8 heteroatoms. The molecule has 19 heavy (non-hydrogen) atoms. The van der Waals surface area contributed by atoms with Gasteiger partial charge in [0.25, 0.3) is 0 Å². The van der Waals surface area contributed by atoms with E-state index in [9.17, 15) is 13.2 Å².